The van der Waals surface area contributed by atoms with Crippen molar-refractivity contribution >= 4 is 47.4 Å². The number of guanidine groups is 1. The first-order valence-corrected chi connectivity index (χ1v) is 9.60. The normalized spacial score (nSPS) is 10.9. The van der Waals surface area contributed by atoms with E-state index in [1.54, 1.807) is 18.8 Å². The number of anilines is 1. The molecule has 6 heteroatoms. The minimum absolute atomic E-state index is 0. The second-order valence-electron chi connectivity index (χ2n) is 6.16. The van der Waals surface area contributed by atoms with Gasteiger partial charge in [-0.1, -0.05) is 24.3 Å². The predicted octanol–water partition coefficient (Wildman–Crippen LogP) is 4.27. The molecule has 0 saturated carbocycles. The molecule has 0 saturated heterocycles. The van der Waals surface area contributed by atoms with Gasteiger partial charge in [-0.15, -0.1) is 35.7 Å². The molecule has 0 bridgehead atoms. The Balaban J connectivity index is 0.00000338. The monoisotopic (exact) mass is 484 g/mol. The van der Waals surface area contributed by atoms with E-state index in [2.05, 4.69) is 76.2 Å². The zero-order valence-corrected chi connectivity index (χ0v) is 19.3. The van der Waals surface area contributed by atoms with Gasteiger partial charge in [-0.2, -0.15) is 0 Å². The van der Waals surface area contributed by atoms with Gasteiger partial charge in [0.2, 0.25) is 0 Å². The quantitative estimate of drug-likeness (QED) is 0.278. The zero-order chi connectivity index (χ0) is 18.2. The summed E-state index contributed by atoms with van der Waals surface area (Å²) in [5, 5.41) is 6.77. The first-order chi connectivity index (χ1) is 12.0. The summed E-state index contributed by atoms with van der Waals surface area (Å²) in [5.41, 5.74) is 5.01. The number of aryl methyl sites for hydroxylation is 1. The van der Waals surface area contributed by atoms with Crippen LogP contribution in [0.2, 0.25) is 0 Å². The van der Waals surface area contributed by atoms with Gasteiger partial charge < -0.3 is 15.5 Å². The van der Waals surface area contributed by atoms with Crippen molar-refractivity contribution in [2.45, 2.75) is 24.9 Å². The highest BCUT2D eigenvalue weighted by atomic mass is 127. The Labute approximate surface area is 178 Å². The molecular formula is C20H29IN4S. The Morgan fingerprint density at radius 2 is 1.69 bits per heavy atom. The molecule has 0 radical (unpaired) electrons. The Kier molecular flexibility index (Phi) is 9.87. The van der Waals surface area contributed by atoms with E-state index in [0.29, 0.717) is 0 Å². The van der Waals surface area contributed by atoms with Crippen molar-refractivity contribution in [3.8, 4) is 0 Å². The van der Waals surface area contributed by atoms with E-state index in [-0.39, 0.29) is 24.0 Å². The number of benzene rings is 2. The third-order valence-electron chi connectivity index (χ3n) is 4.03. The summed E-state index contributed by atoms with van der Waals surface area (Å²) in [4.78, 5) is 7.72. The van der Waals surface area contributed by atoms with Crippen LogP contribution in [-0.2, 0) is 13.1 Å². The maximum atomic E-state index is 4.32. The highest BCUT2D eigenvalue weighted by Gasteiger charge is 2.04. The van der Waals surface area contributed by atoms with Gasteiger partial charge in [-0.05, 0) is 48.1 Å². The van der Waals surface area contributed by atoms with Crippen LogP contribution in [0.3, 0.4) is 0 Å². The number of hydrogen-bond donors (Lipinski definition) is 2. The molecule has 0 unspecified atom stereocenters. The molecule has 0 amide bonds. The highest BCUT2D eigenvalue weighted by molar-refractivity contribution is 14.0. The van der Waals surface area contributed by atoms with Crippen LogP contribution < -0.4 is 15.5 Å². The second-order valence-corrected chi connectivity index (χ2v) is 7.00. The molecule has 0 aliphatic heterocycles. The van der Waals surface area contributed by atoms with Crippen LogP contribution in [0.15, 0.2) is 52.4 Å². The fourth-order valence-corrected chi connectivity index (χ4v) is 3.20. The van der Waals surface area contributed by atoms with Crippen LogP contribution in [0.25, 0.3) is 0 Å². The minimum Gasteiger partial charge on any atom is -0.378 e. The van der Waals surface area contributed by atoms with E-state index in [1.807, 2.05) is 14.1 Å². The average Bonchev–Trinajstić information content (AvgIpc) is 2.63. The molecule has 0 atom stereocenters. The fraction of sp³-hybridized carbons (Fsp3) is 0.350. The van der Waals surface area contributed by atoms with Crippen molar-refractivity contribution in [2.75, 3.05) is 32.3 Å². The summed E-state index contributed by atoms with van der Waals surface area (Å²) in [6.07, 6.45) is 2.11. The fourth-order valence-electron chi connectivity index (χ4n) is 2.50. The average molecular weight is 484 g/mol. The Bertz CT molecular complexity index is 714. The van der Waals surface area contributed by atoms with Gasteiger partial charge in [0.1, 0.15) is 0 Å². The number of aliphatic imine (C=N–C) groups is 1. The van der Waals surface area contributed by atoms with E-state index in [0.717, 1.165) is 19.0 Å². The lowest BCUT2D eigenvalue weighted by atomic mass is 10.1. The maximum absolute atomic E-state index is 4.32. The molecule has 142 valence electrons. The van der Waals surface area contributed by atoms with Crippen molar-refractivity contribution in [1.29, 1.82) is 0 Å². The van der Waals surface area contributed by atoms with Crippen LogP contribution in [0, 0.1) is 6.92 Å². The molecule has 0 fully saturated rings. The number of nitrogens with zero attached hydrogens (tertiary/aromatic N) is 2. The van der Waals surface area contributed by atoms with E-state index >= 15 is 0 Å². The Morgan fingerprint density at radius 1 is 1.04 bits per heavy atom. The molecule has 4 nitrogen and oxygen atoms in total. The lowest BCUT2D eigenvalue weighted by Gasteiger charge is -2.15. The van der Waals surface area contributed by atoms with Crippen LogP contribution in [0.4, 0.5) is 5.69 Å². The van der Waals surface area contributed by atoms with Crippen LogP contribution in [0.1, 0.15) is 16.7 Å². The van der Waals surface area contributed by atoms with Crippen LogP contribution in [0.5, 0.6) is 0 Å². The summed E-state index contributed by atoms with van der Waals surface area (Å²) < 4.78 is 0. The van der Waals surface area contributed by atoms with Crippen molar-refractivity contribution < 1.29 is 0 Å². The maximum Gasteiger partial charge on any atom is 0.191 e. The molecule has 0 aromatic heterocycles. The van der Waals surface area contributed by atoms with E-state index < -0.39 is 0 Å². The van der Waals surface area contributed by atoms with Crippen molar-refractivity contribution in [3.05, 3.63) is 59.2 Å². The van der Waals surface area contributed by atoms with Crippen molar-refractivity contribution in [2.24, 2.45) is 4.99 Å². The van der Waals surface area contributed by atoms with Gasteiger partial charge in [0.15, 0.2) is 5.96 Å². The van der Waals surface area contributed by atoms with Gasteiger partial charge in [0.25, 0.3) is 0 Å². The highest BCUT2D eigenvalue weighted by Crippen LogP contribution is 2.21. The second kappa shape index (κ2) is 11.3. The first kappa shape index (κ1) is 22.6. The summed E-state index contributed by atoms with van der Waals surface area (Å²) >= 11 is 1.78. The third kappa shape index (κ3) is 6.72. The molecule has 2 aromatic rings. The van der Waals surface area contributed by atoms with E-state index in [4.69, 9.17) is 0 Å². The molecule has 0 heterocycles. The lowest BCUT2D eigenvalue weighted by Crippen LogP contribution is -2.36. The molecule has 26 heavy (non-hydrogen) atoms. The van der Waals surface area contributed by atoms with Crippen molar-refractivity contribution in [3.63, 3.8) is 0 Å². The summed E-state index contributed by atoms with van der Waals surface area (Å²) in [6.45, 7) is 3.63. The Morgan fingerprint density at radius 3 is 2.27 bits per heavy atom. The summed E-state index contributed by atoms with van der Waals surface area (Å²) in [6, 6.07) is 15.1. The first-order valence-electron chi connectivity index (χ1n) is 8.37. The predicted molar refractivity (Wildman–Crippen MR) is 126 cm³/mol. The van der Waals surface area contributed by atoms with Crippen LogP contribution >= 0.6 is 35.7 Å². The Hall–Kier alpha value is -1.41. The third-order valence-corrected chi connectivity index (χ3v) is 4.85. The van der Waals surface area contributed by atoms with Crippen molar-refractivity contribution in [1.82, 2.24) is 10.6 Å². The van der Waals surface area contributed by atoms with Gasteiger partial charge in [0, 0.05) is 44.8 Å². The number of rotatable bonds is 6. The van der Waals surface area contributed by atoms with Crippen LogP contribution in [-0.4, -0.2) is 33.4 Å². The summed E-state index contributed by atoms with van der Waals surface area (Å²) in [7, 11) is 5.90. The van der Waals surface area contributed by atoms with Gasteiger partial charge in [-0.25, -0.2) is 0 Å². The minimum atomic E-state index is 0. The molecular weight excluding hydrogens is 455 g/mol. The largest absolute Gasteiger partial charge is 0.378 e. The molecule has 2 rings (SSSR count). The number of thioether (sulfide) groups is 1. The van der Waals surface area contributed by atoms with Gasteiger partial charge in [-0.3, -0.25) is 4.99 Å². The number of nitrogens with one attached hydrogen (secondary N) is 2. The smallest absolute Gasteiger partial charge is 0.191 e. The van der Waals surface area contributed by atoms with E-state index in [1.165, 1.54) is 27.3 Å². The molecule has 0 aliphatic carbocycles. The standard InChI is InChI=1S/C20H28N4S.HI/c1-15-6-9-17(19(12-15)25-5)14-23-20(21-2)22-13-16-7-10-18(11-8-16)24(3)4;/h6-12H,13-14H2,1-5H3,(H2,21,22,23);1H. The molecule has 2 aromatic carbocycles. The number of halogens is 1. The topological polar surface area (TPSA) is 39.7 Å². The van der Waals surface area contributed by atoms with Gasteiger partial charge in [0.05, 0.1) is 0 Å². The zero-order valence-electron chi connectivity index (χ0n) is 16.2. The number of hydrogen-bond acceptors (Lipinski definition) is 3. The molecule has 0 aliphatic rings. The SMILES string of the molecule is CN=C(NCc1ccc(N(C)C)cc1)NCc1ccc(C)cc1SC.I. The lowest BCUT2D eigenvalue weighted by molar-refractivity contribution is 0.801. The molecule has 0 spiro atoms. The van der Waals surface area contributed by atoms with E-state index in [9.17, 15) is 0 Å². The summed E-state index contributed by atoms with van der Waals surface area (Å²) in [5.74, 6) is 0.810. The van der Waals surface area contributed by atoms with Gasteiger partial charge >= 0.3 is 0 Å². The molecule has 2 N–H and O–H groups in total.